The van der Waals surface area contributed by atoms with Gasteiger partial charge in [0.1, 0.15) is 5.75 Å². The minimum absolute atomic E-state index is 0.229. The number of amides is 1. The molecule has 0 bridgehead atoms. The Labute approximate surface area is 120 Å². The van der Waals surface area contributed by atoms with Gasteiger partial charge in [-0.25, -0.2) is 0 Å². The first kappa shape index (κ1) is 14.9. The van der Waals surface area contributed by atoms with Crippen LogP contribution < -0.4 is 5.32 Å². The Hall–Kier alpha value is -1.55. The van der Waals surface area contributed by atoms with Crippen molar-refractivity contribution in [2.45, 2.75) is 26.7 Å². The molecule has 1 aliphatic rings. The van der Waals surface area contributed by atoms with Crippen LogP contribution in [0.1, 0.15) is 24.5 Å². The summed E-state index contributed by atoms with van der Waals surface area (Å²) in [5.74, 6) is 0.808. The third-order valence-corrected chi connectivity index (χ3v) is 3.93. The molecule has 0 radical (unpaired) electrons. The van der Waals surface area contributed by atoms with E-state index in [0.29, 0.717) is 12.2 Å². The number of rotatable bonds is 4. The number of nitrogens with zero attached hydrogens (tertiary/aromatic N) is 1. The van der Waals surface area contributed by atoms with E-state index >= 15 is 0 Å². The van der Waals surface area contributed by atoms with Gasteiger partial charge in [0.25, 0.3) is 0 Å². The quantitative estimate of drug-likeness (QED) is 0.880. The third kappa shape index (κ3) is 3.73. The highest BCUT2D eigenvalue weighted by Crippen LogP contribution is 2.25. The fourth-order valence-electron chi connectivity index (χ4n) is 2.71. The van der Waals surface area contributed by atoms with E-state index in [2.05, 4.69) is 12.2 Å². The minimum atomic E-state index is 0.229. The molecule has 1 saturated heterocycles. The molecule has 1 aromatic carbocycles. The van der Waals surface area contributed by atoms with Crippen molar-refractivity contribution in [2.75, 3.05) is 26.2 Å². The zero-order valence-electron chi connectivity index (χ0n) is 12.4. The average molecular weight is 276 g/mol. The van der Waals surface area contributed by atoms with E-state index in [-0.39, 0.29) is 11.8 Å². The number of aryl methyl sites for hydroxylation is 1. The molecule has 0 aliphatic carbocycles. The van der Waals surface area contributed by atoms with Crippen molar-refractivity contribution in [3.05, 3.63) is 29.3 Å². The summed E-state index contributed by atoms with van der Waals surface area (Å²) in [7, 11) is 0. The van der Waals surface area contributed by atoms with Gasteiger partial charge in [-0.2, -0.15) is 0 Å². The number of phenols is 1. The highest BCUT2D eigenvalue weighted by molar-refractivity contribution is 5.76. The highest BCUT2D eigenvalue weighted by atomic mass is 16.3. The van der Waals surface area contributed by atoms with Crippen molar-refractivity contribution in [1.82, 2.24) is 10.2 Å². The van der Waals surface area contributed by atoms with E-state index in [1.165, 1.54) is 0 Å². The van der Waals surface area contributed by atoms with Gasteiger partial charge >= 0.3 is 0 Å². The molecule has 2 N–H and O–H groups in total. The van der Waals surface area contributed by atoms with Crippen molar-refractivity contribution in [3.63, 3.8) is 0 Å². The maximum Gasteiger partial charge on any atom is 0.222 e. The lowest BCUT2D eigenvalue weighted by Gasteiger charge is -2.28. The van der Waals surface area contributed by atoms with Crippen LogP contribution >= 0.6 is 0 Å². The molecular weight excluding hydrogens is 252 g/mol. The van der Waals surface area contributed by atoms with Crippen molar-refractivity contribution in [3.8, 4) is 5.75 Å². The third-order valence-electron chi connectivity index (χ3n) is 3.93. The Balaban J connectivity index is 1.91. The van der Waals surface area contributed by atoms with Crippen LogP contribution in [0.2, 0.25) is 0 Å². The van der Waals surface area contributed by atoms with Gasteiger partial charge in [0.05, 0.1) is 0 Å². The Kier molecular flexibility index (Phi) is 5.01. The Morgan fingerprint density at radius 1 is 1.40 bits per heavy atom. The van der Waals surface area contributed by atoms with Gasteiger partial charge in [-0.15, -0.1) is 0 Å². The fraction of sp³-hybridized carbons (Fsp3) is 0.562. The molecule has 1 amide bonds. The second-order valence-electron chi connectivity index (χ2n) is 5.72. The van der Waals surface area contributed by atoms with Crippen LogP contribution in [0.4, 0.5) is 0 Å². The summed E-state index contributed by atoms with van der Waals surface area (Å²) < 4.78 is 0. The number of carbonyl (C=O) groups excluding carboxylic acids is 1. The molecule has 1 aliphatic heterocycles. The molecular formula is C16H24N2O2. The predicted octanol–water partition coefficient (Wildman–Crippen LogP) is 1.70. The number of carbonyl (C=O) groups is 1. The zero-order chi connectivity index (χ0) is 14.5. The second-order valence-corrected chi connectivity index (χ2v) is 5.72. The number of phenolic OH excluding ortho intramolecular Hbond substituents is 1. The molecule has 1 aromatic rings. The van der Waals surface area contributed by atoms with E-state index in [4.69, 9.17) is 0 Å². The van der Waals surface area contributed by atoms with Gasteiger partial charge in [-0.05, 0) is 36.5 Å². The lowest BCUT2D eigenvalue weighted by molar-refractivity contribution is -0.132. The maximum absolute atomic E-state index is 12.2. The molecule has 0 saturated carbocycles. The summed E-state index contributed by atoms with van der Waals surface area (Å²) in [6.45, 7) is 7.46. The molecule has 0 spiro atoms. The van der Waals surface area contributed by atoms with E-state index in [1.54, 1.807) is 6.07 Å². The van der Waals surface area contributed by atoms with Crippen LogP contribution in [0, 0.1) is 12.8 Å². The summed E-state index contributed by atoms with van der Waals surface area (Å²) in [5, 5.41) is 13.2. The number of aromatic hydroxyl groups is 1. The number of hydrogen-bond donors (Lipinski definition) is 2. The molecule has 110 valence electrons. The predicted molar refractivity (Wildman–Crippen MR) is 79.8 cm³/mol. The normalized spacial score (nSPS) is 17.0. The maximum atomic E-state index is 12.2. The van der Waals surface area contributed by atoms with Gasteiger partial charge in [-0.1, -0.05) is 19.1 Å². The van der Waals surface area contributed by atoms with Crippen molar-refractivity contribution < 1.29 is 9.90 Å². The smallest absolute Gasteiger partial charge is 0.222 e. The van der Waals surface area contributed by atoms with E-state index in [0.717, 1.165) is 43.7 Å². The molecule has 20 heavy (non-hydrogen) atoms. The number of piperazine rings is 1. The first-order valence-corrected chi connectivity index (χ1v) is 7.34. The number of nitrogens with one attached hydrogen (secondary N) is 1. The molecule has 1 atom stereocenters. The van der Waals surface area contributed by atoms with Crippen molar-refractivity contribution >= 4 is 5.91 Å². The van der Waals surface area contributed by atoms with Crippen molar-refractivity contribution in [2.24, 2.45) is 5.92 Å². The van der Waals surface area contributed by atoms with Crippen molar-refractivity contribution in [1.29, 1.82) is 0 Å². The fourth-order valence-corrected chi connectivity index (χ4v) is 2.71. The molecule has 4 nitrogen and oxygen atoms in total. The summed E-state index contributed by atoms with van der Waals surface area (Å²) in [6, 6.07) is 5.57. The van der Waals surface area contributed by atoms with Gasteiger partial charge in [0.15, 0.2) is 0 Å². The summed E-state index contributed by atoms with van der Waals surface area (Å²) in [4.78, 5) is 14.1. The van der Waals surface area contributed by atoms with E-state index in [9.17, 15) is 9.90 Å². The van der Waals surface area contributed by atoms with Crippen LogP contribution in [0.25, 0.3) is 0 Å². The van der Waals surface area contributed by atoms with Gasteiger partial charge in [0, 0.05) is 32.6 Å². The van der Waals surface area contributed by atoms with Crippen LogP contribution in [0.5, 0.6) is 5.75 Å². The van der Waals surface area contributed by atoms with Gasteiger partial charge < -0.3 is 15.3 Å². The largest absolute Gasteiger partial charge is 0.508 e. The molecule has 1 heterocycles. The first-order chi connectivity index (χ1) is 9.58. The monoisotopic (exact) mass is 276 g/mol. The van der Waals surface area contributed by atoms with Gasteiger partial charge in [-0.3, -0.25) is 4.79 Å². The number of hydrogen-bond acceptors (Lipinski definition) is 3. The van der Waals surface area contributed by atoms with Crippen LogP contribution in [0.3, 0.4) is 0 Å². The highest BCUT2D eigenvalue weighted by Gasteiger charge is 2.19. The summed E-state index contributed by atoms with van der Waals surface area (Å²) in [5.41, 5.74) is 2.06. The number of benzene rings is 1. The van der Waals surface area contributed by atoms with Crippen LogP contribution in [0.15, 0.2) is 18.2 Å². The standard InChI is InChI=1S/C16H24N2O2/c1-12(10-14-13(2)4-3-5-15(14)19)11-16(20)18-8-6-17-7-9-18/h3-5,12,17,19H,6-11H2,1-2H3. The Morgan fingerprint density at radius 3 is 2.75 bits per heavy atom. The van der Waals surface area contributed by atoms with E-state index < -0.39 is 0 Å². The molecule has 4 heteroatoms. The van der Waals surface area contributed by atoms with Crippen LogP contribution in [-0.2, 0) is 11.2 Å². The molecule has 0 aromatic heterocycles. The first-order valence-electron chi connectivity index (χ1n) is 7.34. The second kappa shape index (κ2) is 6.75. The zero-order valence-corrected chi connectivity index (χ0v) is 12.4. The molecule has 2 rings (SSSR count). The summed E-state index contributed by atoms with van der Waals surface area (Å²) in [6.07, 6.45) is 1.30. The topological polar surface area (TPSA) is 52.6 Å². The molecule has 1 unspecified atom stereocenters. The SMILES string of the molecule is Cc1cccc(O)c1CC(C)CC(=O)N1CCNCC1. The van der Waals surface area contributed by atoms with Gasteiger partial charge in [0.2, 0.25) is 5.91 Å². The lowest BCUT2D eigenvalue weighted by Crippen LogP contribution is -2.46. The van der Waals surface area contributed by atoms with Crippen LogP contribution in [-0.4, -0.2) is 42.1 Å². The van der Waals surface area contributed by atoms with E-state index in [1.807, 2.05) is 24.0 Å². The lowest BCUT2D eigenvalue weighted by atomic mass is 9.94. The Bertz CT molecular complexity index is 447. The minimum Gasteiger partial charge on any atom is -0.508 e. The average Bonchev–Trinajstić information content (AvgIpc) is 2.44. The summed E-state index contributed by atoms with van der Waals surface area (Å²) >= 11 is 0. The Morgan fingerprint density at radius 2 is 2.10 bits per heavy atom. The molecule has 1 fully saturated rings.